The van der Waals surface area contributed by atoms with Crippen LogP contribution in [0.25, 0.3) is 21.8 Å². The third kappa shape index (κ3) is 3.93. The number of aromatic amines is 1. The Kier molecular flexibility index (Phi) is 5.30. The Morgan fingerprint density at radius 1 is 1.00 bits per heavy atom. The lowest BCUT2D eigenvalue weighted by Crippen LogP contribution is -2.17. The van der Waals surface area contributed by atoms with Crippen molar-refractivity contribution in [3.8, 4) is 0 Å². The minimum absolute atomic E-state index is 0.261. The quantitative estimate of drug-likeness (QED) is 0.277. The smallest absolute Gasteiger partial charge is 0.287 e. The number of hydrogen-bond donors (Lipinski definition) is 2. The molecule has 5 aromatic rings. The van der Waals surface area contributed by atoms with Crippen LogP contribution in [0.3, 0.4) is 0 Å². The maximum absolute atomic E-state index is 12.6. The maximum Gasteiger partial charge on any atom is 0.287 e. The van der Waals surface area contributed by atoms with Gasteiger partial charge in [0.25, 0.3) is 5.91 Å². The molecule has 0 radical (unpaired) electrons. The van der Waals surface area contributed by atoms with Crippen molar-refractivity contribution in [3.63, 3.8) is 0 Å². The van der Waals surface area contributed by atoms with Gasteiger partial charge in [0.2, 0.25) is 0 Å². The first-order chi connectivity index (χ1) is 15.7. The predicted octanol–water partition coefficient (Wildman–Crippen LogP) is 5.50. The standard InChI is InChI=1S/C27H24N4O/c1-2-19-12-13-24-21(14-19)15-25(29-24)27(32)30-28-16-22-18-31(17-20-8-4-3-5-9-20)26-11-7-6-10-23(22)26/h3-16,18,29H,2,17H2,1H3,(H,30,32)/b28-16+. The first-order valence-corrected chi connectivity index (χ1v) is 10.8. The average molecular weight is 421 g/mol. The number of nitrogens with zero attached hydrogens (tertiary/aromatic N) is 2. The van der Waals surface area contributed by atoms with E-state index in [-0.39, 0.29) is 5.91 Å². The summed E-state index contributed by atoms with van der Waals surface area (Å²) in [6.07, 6.45) is 4.74. The molecule has 0 atom stereocenters. The van der Waals surface area contributed by atoms with Crippen LogP contribution in [0, 0.1) is 0 Å². The molecule has 5 rings (SSSR count). The van der Waals surface area contributed by atoms with Crippen LogP contribution in [-0.4, -0.2) is 21.7 Å². The number of rotatable bonds is 6. The molecule has 5 heteroatoms. The fourth-order valence-electron chi connectivity index (χ4n) is 4.03. The number of fused-ring (bicyclic) bond motifs is 2. The number of H-pyrrole nitrogens is 1. The number of hydrazone groups is 1. The minimum atomic E-state index is -0.261. The molecule has 2 heterocycles. The van der Waals surface area contributed by atoms with Crippen molar-refractivity contribution >= 4 is 33.9 Å². The molecule has 0 aliphatic rings. The number of para-hydroxylation sites is 1. The van der Waals surface area contributed by atoms with E-state index < -0.39 is 0 Å². The van der Waals surface area contributed by atoms with Crippen molar-refractivity contribution in [1.29, 1.82) is 0 Å². The highest BCUT2D eigenvalue weighted by molar-refractivity contribution is 6.01. The molecule has 0 aliphatic carbocycles. The van der Waals surface area contributed by atoms with Crippen LogP contribution in [0.1, 0.15) is 34.1 Å². The van der Waals surface area contributed by atoms with Crippen LogP contribution >= 0.6 is 0 Å². The first-order valence-electron chi connectivity index (χ1n) is 10.8. The number of aromatic nitrogens is 2. The Hall–Kier alpha value is -4.12. The van der Waals surface area contributed by atoms with Gasteiger partial charge >= 0.3 is 0 Å². The summed E-state index contributed by atoms with van der Waals surface area (Å²) in [7, 11) is 0. The number of benzene rings is 3. The van der Waals surface area contributed by atoms with E-state index in [9.17, 15) is 4.79 Å². The Balaban J connectivity index is 1.36. The molecule has 1 amide bonds. The van der Waals surface area contributed by atoms with Crippen LogP contribution in [0.2, 0.25) is 0 Å². The van der Waals surface area contributed by atoms with Gasteiger partial charge in [0.05, 0.1) is 6.21 Å². The van der Waals surface area contributed by atoms with Crippen molar-refractivity contribution in [1.82, 2.24) is 15.0 Å². The third-order valence-corrected chi connectivity index (χ3v) is 5.72. The zero-order valence-electron chi connectivity index (χ0n) is 17.9. The van der Waals surface area contributed by atoms with Crippen molar-refractivity contribution in [2.24, 2.45) is 5.10 Å². The lowest BCUT2D eigenvalue weighted by Gasteiger charge is -2.05. The molecule has 0 aliphatic heterocycles. The molecule has 0 spiro atoms. The van der Waals surface area contributed by atoms with Gasteiger partial charge in [-0.25, -0.2) is 5.43 Å². The summed E-state index contributed by atoms with van der Waals surface area (Å²) in [6, 6.07) is 26.6. The monoisotopic (exact) mass is 420 g/mol. The third-order valence-electron chi connectivity index (χ3n) is 5.72. The van der Waals surface area contributed by atoms with Gasteiger partial charge in [-0.05, 0) is 41.8 Å². The Morgan fingerprint density at radius 3 is 2.66 bits per heavy atom. The van der Waals surface area contributed by atoms with E-state index in [2.05, 4.69) is 69.6 Å². The highest BCUT2D eigenvalue weighted by atomic mass is 16.2. The summed E-state index contributed by atoms with van der Waals surface area (Å²) in [5.41, 5.74) is 8.66. The summed E-state index contributed by atoms with van der Waals surface area (Å²) in [5, 5.41) is 6.36. The Morgan fingerprint density at radius 2 is 1.81 bits per heavy atom. The molecule has 2 N–H and O–H groups in total. The fraction of sp³-hybridized carbons (Fsp3) is 0.111. The van der Waals surface area contributed by atoms with E-state index >= 15 is 0 Å². The van der Waals surface area contributed by atoms with Gasteiger partial charge < -0.3 is 9.55 Å². The lowest BCUT2D eigenvalue weighted by atomic mass is 10.1. The summed E-state index contributed by atoms with van der Waals surface area (Å²) in [5.74, 6) is -0.261. The maximum atomic E-state index is 12.6. The second-order valence-electron chi connectivity index (χ2n) is 7.87. The van der Waals surface area contributed by atoms with Crippen molar-refractivity contribution in [2.75, 3.05) is 0 Å². The van der Waals surface area contributed by atoms with E-state index in [1.54, 1.807) is 6.21 Å². The second kappa shape index (κ2) is 8.55. The summed E-state index contributed by atoms with van der Waals surface area (Å²) in [6.45, 7) is 2.89. The topological polar surface area (TPSA) is 62.2 Å². The summed E-state index contributed by atoms with van der Waals surface area (Å²) in [4.78, 5) is 15.8. The number of hydrogen-bond acceptors (Lipinski definition) is 2. The molecule has 158 valence electrons. The van der Waals surface area contributed by atoms with E-state index in [0.29, 0.717) is 5.69 Å². The fourth-order valence-corrected chi connectivity index (χ4v) is 4.03. The van der Waals surface area contributed by atoms with Crippen molar-refractivity contribution in [3.05, 3.63) is 107 Å². The molecular formula is C27H24N4O. The van der Waals surface area contributed by atoms with Crippen LogP contribution in [-0.2, 0) is 13.0 Å². The zero-order chi connectivity index (χ0) is 21.9. The zero-order valence-corrected chi connectivity index (χ0v) is 17.9. The Bertz CT molecular complexity index is 1430. The number of nitrogens with one attached hydrogen (secondary N) is 2. The van der Waals surface area contributed by atoms with Crippen LogP contribution in [0.15, 0.2) is 90.2 Å². The van der Waals surface area contributed by atoms with Gasteiger partial charge in [0.15, 0.2) is 0 Å². The molecule has 3 aromatic carbocycles. The largest absolute Gasteiger partial charge is 0.350 e. The molecule has 2 aromatic heterocycles. The molecule has 0 saturated heterocycles. The first kappa shape index (κ1) is 19.8. The van der Waals surface area contributed by atoms with Gasteiger partial charge in [0.1, 0.15) is 5.69 Å². The molecule has 0 saturated carbocycles. The van der Waals surface area contributed by atoms with Crippen molar-refractivity contribution in [2.45, 2.75) is 19.9 Å². The summed E-state index contributed by atoms with van der Waals surface area (Å²) < 4.78 is 2.21. The molecule has 0 fully saturated rings. The predicted molar refractivity (Wildman–Crippen MR) is 130 cm³/mol. The van der Waals surface area contributed by atoms with Gasteiger partial charge in [-0.15, -0.1) is 0 Å². The second-order valence-corrected chi connectivity index (χ2v) is 7.87. The SMILES string of the molecule is CCc1ccc2[nH]c(C(=O)N/N=C/c3cn(Cc4ccccc4)c4ccccc34)cc2c1. The minimum Gasteiger partial charge on any atom is -0.350 e. The van der Waals surface area contributed by atoms with E-state index in [4.69, 9.17) is 0 Å². The van der Waals surface area contributed by atoms with Crippen molar-refractivity contribution < 1.29 is 4.79 Å². The van der Waals surface area contributed by atoms with E-state index in [1.165, 1.54) is 11.1 Å². The van der Waals surface area contributed by atoms with E-state index in [1.807, 2.05) is 42.5 Å². The van der Waals surface area contributed by atoms with Crippen LogP contribution in [0.4, 0.5) is 0 Å². The number of aryl methyl sites for hydroxylation is 1. The number of carbonyl (C=O) groups excluding carboxylic acids is 1. The highest BCUT2D eigenvalue weighted by Gasteiger charge is 2.10. The molecule has 0 bridgehead atoms. The average Bonchev–Trinajstić information content (AvgIpc) is 3.41. The highest BCUT2D eigenvalue weighted by Crippen LogP contribution is 2.21. The molecule has 0 unspecified atom stereocenters. The van der Waals surface area contributed by atoms with Crippen LogP contribution < -0.4 is 5.43 Å². The lowest BCUT2D eigenvalue weighted by molar-refractivity contribution is 0.0951. The molecular weight excluding hydrogens is 396 g/mol. The van der Waals surface area contributed by atoms with Crippen LogP contribution in [0.5, 0.6) is 0 Å². The Labute approximate surface area is 186 Å². The van der Waals surface area contributed by atoms with Gasteiger partial charge in [-0.1, -0.05) is 61.5 Å². The van der Waals surface area contributed by atoms with Gasteiger partial charge in [-0.2, -0.15) is 5.10 Å². The molecule has 32 heavy (non-hydrogen) atoms. The number of amides is 1. The van der Waals surface area contributed by atoms with E-state index in [0.717, 1.165) is 40.3 Å². The molecule has 5 nitrogen and oxygen atoms in total. The summed E-state index contributed by atoms with van der Waals surface area (Å²) >= 11 is 0. The normalized spacial score (nSPS) is 11.5. The number of carbonyl (C=O) groups is 1. The van der Waals surface area contributed by atoms with Gasteiger partial charge in [-0.3, -0.25) is 4.79 Å². The van der Waals surface area contributed by atoms with Gasteiger partial charge in [0, 0.05) is 40.1 Å².